The maximum absolute atomic E-state index is 12.7. The second-order valence-electron chi connectivity index (χ2n) is 16.4. The van der Waals surface area contributed by atoms with Crippen LogP contribution in [-0.2, 0) is 27.9 Å². The van der Waals surface area contributed by atoms with Crippen LogP contribution >= 0.6 is 7.82 Å². The zero-order valence-corrected chi connectivity index (χ0v) is 39.3. The van der Waals surface area contributed by atoms with E-state index in [1.807, 2.05) is 21.1 Å². The predicted molar refractivity (Wildman–Crippen MR) is 249 cm³/mol. The first-order valence-electron chi connectivity index (χ1n) is 23.3. The van der Waals surface area contributed by atoms with Crippen molar-refractivity contribution in [1.29, 1.82) is 0 Å². The van der Waals surface area contributed by atoms with Gasteiger partial charge in [-0.15, -0.1) is 0 Å². The Hall–Kier alpha value is -2.32. The third kappa shape index (κ3) is 46.6. The molecule has 2 atom stereocenters. The number of rotatable bonds is 42. The summed E-state index contributed by atoms with van der Waals surface area (Å²) < 4.78 is 34.6. The molecule has 0 aliphatic carbocycles. The number of unbranched alkanes of at least 4 members (excludes halogenated alkanes) is 14. The summed E-state index contributed by atoms with van der Waals surface area (Å²) in [5.74, 6) is -0.381. The van der Waals surface area contributed by atoms with Gasteiger partial charge in [0.1, 0.15) is 19.3 Å². The van der Waals surface area contributed by atoms with E-state index in [1.54, 1.807) is 0 Å². The standard InChI is InChI=1S/C50H88NO7P/c1-6-8-10-12-14-16-18-20-22-24-25-26-27-28-29-31-33-35-37-39-41-43-50(52)58-49(48-57-59(53,54)56-46-44-51(3,4)5)47-55-45-42-40-38-36-34-32-30-23-21-19-17-15-13-11-9-7-2/h8,10,14,16,20-23,25-26,28-29,33,35,49H,6-7,9,11-13,15,17-19,24,27,30-32,34,36-48H2,1-5H3/b10-8-,16-14-,22-20-,23-21-,26-25-,29-28-,35-33-. The lowest BCUT2D eigenvalue weighted by Gasteiger charge is -2.28. The van der Waals surface area contributed by atoms with Gasteiger partial charge in [-0.25, -0.2) is 0 Å². The van der Waals surface area contributed by atoms with Gasteiger partial charge in [-0.1, -0.05) is 157 Å². The summed E-state index contributed by atoms with van der Waals surface area (Å²) >= 11 is 0. The van der Waals surface area contributed by atoms with E-state index in [2.05, 4.69) is 98.9 Å². The van der Waals surface area contributed by atoms with Gasteiger partial charge >= 0.3 is 5.97 Å². The maximum atomic E-state index is 12.7. The number of nitrogens with zero attached hydrogens (tertiary/aromatic N) is 1. The lowest BCUT2D eigenvalue weighted by Crippen LogP contribution is -2.37. The summed E-state index contributed by atoms with van der Waals surface area (Å²) in [4.78, 5) is 25.1. The third-order valence-electron chi connectivity index (χ3n) is 9.43. The topological polar surface area (TPSA) is 94.1 Å². The van der Waals surface area contributed by atoms with Crippen LogP contribution in [0.25, 0.3) is 0 Å². The molecule has 2 unspecified atom stereocenters. The van der Waals surface area contributed by atoms with E-state index in [-0.39, 0.29) is 32.2 Å². The monoisotopic (exact) mass is 846 g/mol. The summed E-state index contributed by atoms with van der Waals surface area (Å²) in [6, 6.07) is 0. The Labute approximate surface area is 363 Å². The van der Waals surface area contributed by atoms with Gasteiger partial charge in [0, 0.05) is 13.0 Å². The zero-order chi connectivity index (χ0) is 43.4. The van der Waals surface area contributed by atoms with E-state index in [4.69, 9.17) is 18.5 Å². The van der Waals surface area contributed by atoms with Crippen molar-refractivity contribution in [2.75, 3.05) is 54.1 Å². The Morgan fingerprint density at radius 2 is 0.983 bits per heavy atom. The summed E-state index contributed by atoms with van der Waals surface area (Å²) in [6.45, 7) is 5.20. The molecule has 0 saturated heterocycles. The number of carbonyl (C=O) groups is 1. The quantitative estimate of drug-likeness (QED) is 0.0199. The van der Waals surface area contributed by atoms with Crippen molar-refractivity contribution in [3.05, 3.63) is 85.1 Å². The largest absolute Gasteiger partial charge is 0.756 e. The molecule has 0 aromatic heterocycles. The van der Waals surface area contributed by atoms with Gasteiger partial charge < -0.3 is 27.9 Å². The van der Waals surface area contributed by atoms with E-state index in [0.29, 0.717) is 24.1 Å². The Morgan fingerprint density at radius 3 is 1.49 bits per heavy atom. The summed E-state index contributed by atoms with van der Waals surface area (Å²) in [5.41, 5.74) is 0. The van der Waals surface area contributed by atoms with Crippen LogP contribution in [0, 0.1) is 0 Å². The van der Waals surface area contributed by atoms with Crippen molar-refractivity contribution in [2.45, 2.75) is 174 Å². The molecule has 0 amide bonds. The second-order valence-corrected chi connectivity index (χ2v) is 17.8. The highest BCUT2D eigenvalue weighted by Gasteiger charge is 2.20. The molecule has 8 nitrogen and oxygen atoms in total. The molecule has 340 valence electrons. The molecule has 0 fully saturated rings. The number of ether oxygens (including phenoxy) is 2. The molecule has 9 heteroatoms. The maximum Gasteiger partial charge on any atom is 0.306 e. The van der Waals surface area contributed by atoms with E-state index in [9.17, 15) is 14.3 Å². The molecule has 0 aliphatic heterocycles. The van der Waals surface area contributed by atoms with E-state index in [0.717, 1.165) is 70.6 Å². The molecule has 59 heavy (non-hydrogen) atoms. The SMILES string of the molecule is CC/C=C\C/C=C\C/C=C\C/C=C\C/C=C\C/C=C\CCCCC(=O)OC(COCCCCCCCC/C=C\CCCCCCCC)COP(=O)([O-])OCC[N+](C)(C)C. The Kier molecular flexibility index (Phi) is 40.7. The fraction of sp³-hybridized carbons (Fsp3) is 0.700. The Bertz CT molecular complexity index is 1210. The smallest absolute Gasteiger partial charge is 0.306 e. The van der Waals surface area contributed by atoms with Gasteiger partial charge in [0.2, 0.25) is 0 Å². The number of esters is 1. The van der Waals surface area contributed by atoms with Gasteiger partial charge in [-0.05, 0) is 89.9 Å². The molecule has 0 aromatic rings. The predicted octanol–water partition coefficient (Wildman–Crippen LogP) is 13.4. The molecular formula is C50H88NO7P. The average Bonchev–Trinajstić information content (AvgIpc) is 3.19. The van der Waals surface area contributed by atoms with Gasteiger partial charge in [-0.3, -0.25) is 9.36 Å². The number of phosphoric ester groups is 1. The van der Waals surface area contributed by atoms with Crippen molar-refractivity contribution in [3.63, 3.8) is 0 Å². The number of hydrogen-bond donors (Lipinski definition) is 0. The number of quaternary nitrogens is 1. The van der Waals surface area contributed by atoms with Crippen LogP contribution in [0.4, 0.5) is 0 Å². The van der Waals surface area contributed by atoms with Gasteiger partial charge in [-0.2, -0.15) is 0 Å². The second kappa shape index (κ2) is 42.4. The Balaban J connectivity index is 4.33. The van der Waals surface area contributed by atoms with Crippen LogP contribution in [0.1, 0.15) is 168 Å². The fourth-order valence-electron chi connectivity index (χ4n) is 5.84. The van der Waals surface area contributed by atoms with Crippen molar-refractivity contribution in [2.24, 2.45) is 0 Å². The van der Waals surface area contributed by atoms with Crippen LogP contribution < -0.4 is 4.89 Å². The van der Waals surface area contributed by atoms with E-state index < -0.39 is 13.9 Å². The lowest BCUT2D eigenvalue weighted by molar-refractivity contribution is -0.870. The number of carbonyl (C=O) groups excluding carboxylic acids is 1. The first-order valence-corrected chi connectivity index (χ1v) is 24.8. The highest BCUT2D eigenvalue weighted by molar-refractivity contribution is 7.45. The van der Waals surface area contributed by atoms with Gasteiger partial charge in [0.15, 0.2) is 0 Å². The first kappa shape index (κ1) is 56.7. The highest BCUT2D eigenvalue weighted by Crippen LogP contribution is 2.38. The molecule has 0 N–H and O–H groups in total. The molecule has 0 aliphatic rings. The zero-order valence-electron chi connectivity index (χ0n) is 38.4. The number of allylic oxidation sites excluding steroid dienone is 14. The third-order valence-corrected chi connectivity index (χ3v) is 10.4. The normalized spacial score (nSPS) is 14.5. The number of likely N-dealkylation sites (N-methyl/N-ethyl adjacent to an activating group) is 1. The van der Waals surface area contributed by atoms with Crippen LogP contribution in [0.15, 0.2) is 85.1 Å². The van der Waals surface area contributed by atoms with E-state index in [1.165, 1.54) is 70.6 Å². The van der Waals surface area contributed by atoms with Crippen molar-refractivity contribution < 1.29 is 37.3 Å². The fourth-order valence-corrected chi connectivity index (χ4v) is 6.57. The number of phosphoric acid groups is 1. The van der Waals surface area contributed by atoms with Gasteiger partial charge in [0.25, 0.3) is 7.82 Å². The molecule has 0 aromatic carbocycles. The molecule has 0 bridgehead atoms. The van der Waals surface area contributed by atoms with Crippen molar-refractivity contribution in [1.82, 2.24) is 0 Å². The van der Waals surface area contributed by atoms with Crippen molar-refractivity contribution in [3.8, 4) is 0 Å². The first-order chi connectivity index (χ1) is 28.6. The minimum atomic E-state index is -4.55. The van der Waals surface area contributed by atoms with Crippen LogP contribution in [0.5, 0.6) is 0 Å². The molecular weight excluding hydrogens is 758 g/mol. The van der Waals surface area contributed by atoms with Gasteiger partial charge in [0.05, 0.1) is 34.4 Å². The summed E-state index contributed by atoms with van der Waals surface area (Å²) in [7, 11) is 1.31. The minimum absolute atomic E-state index is 0.0119. The van der Waals surface area contributed by atoms with Crippen LogP contribution in [0.2, 0.25) is 0 Å². The molecule has 0 radical (unpaired) electrons. The molecule has 0 spiro atoms. The average molecular weight is 846 g/mol. The van der Waals surface area contributed by atoms with Crippen LogP contribution in [-0.4, -0.2) is 70.7 Å². The van der Waals surface area contributed by atoms with Crippen molar-refractivity contribution >= 4 is 13.8 Å². The minimum Gasteiger partial charge on any atom is -0.756 e. The summed E-state index contributed by atoms with van der Waals surface area (Å²) in [5, 5.41) is 0. The van der Waals surface area contributed by atoms with E-state index >= 15 is 0 Å². The Morgan fingerprint density at radius 1 is 0.542 bits per heavy atom. The number of hydrogen-bond acceptors (Lipinski definition) is 7. The molecule has 0 rings (SSSR count). The lowest BCUT2D eigenvalue weighted by atomic mass is 10.1. The van der Waals surface area contributed by atoms with Crippen LogP contribution in [0.3, 0.4) is 0 Å². The summed E-state index contributed by atoms with van der Waals surface area (Å²) in [6.07, 6.45) is 56.0. The molecule has 0 heterocycles. The highest BCUT2D eigenvalue weighted by atomic mass is 31.2. The molecule has 0 saturated carbocycles.